The van der Waals surface area contributed by atoms with Gasteiger partial charge in [-0.1, -0.05) is 54.6 Å². The van der Waals surface area contributed by atoms with Crippen molar-refractivity contribution in [2.45, 2.75) is 32.8 Å². The lowest BCUT2D eigenvalue weighted by Gasteiger charge is -2.43. The van der Waals surface area contributed by atoms with Crippen molar-refractivity contribution in [3.05, 3.63) is 90.5 Å². The van der Waals surface area contributed by atoms with E-state index < -0.39 is 0 Å². The quantitative estimate of drug-likeness (QED) is 0.393. The predicted molar refractivity (Wildman–Crippen MR) is 138 cm³/mol. The van der Waals surface area contributed by atoms with Crippen LogP contribution in [0.4, 0.5) is 0 Å². The molecule has 6 heteroatoms. The first-order valence-electron chi connectivity index (χ1n) is 11.7. The standard InChI is InChI=1S/C28H29NO3S2/c1-31-25-15-9-8-10-21(25)18-27(30)29-19-24-26(20-29)32-17-16-28(24,33-22-11-4-2-5-12-22)34-23-13-6-3-7-14-23/h2-15,24,26H,16-20H2,1H3/t24-,26+/m1/s1. The van der Waals surface area contributed by atoms with Crippen LogP contribution in [0.5, 0.6) is 5.75 Å². The number of hydrogen-bond acceptors (Lipinski definition) is 5. The summed E-state index contributed by atoms with van der Waals surface area (Å²) in [5.41, 5.74) is 0.925. The van der Waals surface area contributed by atoms with Gasteiger partial charge in [-0.3, -0.25) is 4.79 Å². The molecule has 2 heterocycles. The average Bonchev–Trinajstić information content (AvgIpc) is 3.32. The highest BCUT2D eigenvalue weighted by atomic mass is 32.2. The summed E-state index contributed by atoms with van der Waals surface area (Å²) in [5.74, 6) is 1.13. The van der Waals surface area contributed by atoms with Crippen LogP contribution in [0.1, 0.15) is 12.0 Å². The minimum Gasteiger partial charge on any atom is -0.496 e. The number of benzene rings is 3. The summed E-state index contributed by atoms with van der Waals surface area (Å²) < 4.78 is 11.6. The first kappa shape index (κ1) is 23.3. The van der Waals surface area contributed by atoms with Crippen molar-refractivity contribution in [3.63, 3.8) is 0 Å². The maximum absolute atomic E-state index is 13.4. The topological polar surface area (TPSA) is 38.8 Å². The summed E-state index contributed by atoms with van der Waals surface area (Å²) in [7, 11) is 1.65. The molecule has 0 radical (unpaired) electrons. The summed E-state index contributed by atoms with van der Waals surface area (Å²) in [6.07, 6.45) is 1.32. The highest BCUT2D eigenvalue weighted by Crippen LogP contribution is 2.57. The molecule has 0 bridgehead atoms. The number of rotatable bonds is 7. The molecule has 2 saturated heterocycles. The van der Waals surface area contributed by atoms with Gasteiger partial charge in [0.15, 0.2) is 0 Å². The van der Waals surface area contributed by atoms with Gasteiger partial charge in [-0.15, -0.1) is 23.5 Å². The number of hydrogen-bond donors (Lipinski definition) is 0. The van der Waals surface area contributed by atoms with E-state index in [-0.39, 0.29) is 22.0 Å². The zero-order valence-electron chi connectivity index (χ0n) is 19.3. The van der Waals surface area contributed by atoms with Crippen LogP contribution in [-0.2, 0) is 16.0 Å². The van der Waals surface area contributed by atoms with Gasteiger partial charge < -0.3 is 14.4 Å². The second-order valence-corrected chi connectivity index (χ2v) is 11.8. The molecule has 0 saturated carbocycles. The number of carbonyl (C=O) groups excluding carboxylic acids is 1. The number of para-hydroxylation sites is 1. The molecule has 3 aromatic rings. The minimum absolute atomic E-state index is 0.0443. The maximum Gasteiger partial charge on any atom is 0.227 e. The third kappa shape index (κ3) is 4.99. The molecule has 0 unspecified atom stereocenters. The van der Waals surface area contributed by atoms with Crippen LogP contribution in [0, 0.1) is 5.92 Å². The molecule has 34 heavy (non-hydrogen) atoms. The van der Waals surface area contributed by atoms with E-state index in [1.54, 1.807) is 7.11 Å². The molecule has 2 aliphatic rings. The Bertz CT molecular complexity index is 1070. The predicted octanol–water partition coefficient (Wildman–Crippen LogP) is 5.77. The van der Waals surface area contributed by atoms with E-state index in [1.807, 2.05) is 52.7 Å². The molecule has 2 fully saturated rings. The van der Waals surface area contributed by atoms with Crippen LogP contribution < -0.4 is 4.74 Å². The Morgan fingerprint density at radius 1 is 0.941 bits per heavy atom. The van der Waals surface area contributed by atoms with Crippen LogP contribution in [0.2, 0.25) is 0 Å². The summed E-state index contributed by atoms with van der Waals surface area (Å²) in [6, 6.07) is 29.0. The van der Waals surface area contributed by atoms with Gasteiger partial charge in [-0.25, -0.2) is 0 Å². The van der Waals surface area contributed by atoms with Crippen molar-refractivity contribution in [2.24, 2.45) is 5.92 Å². The summed E-state index contributed by atoms with van der Waals surface area (Å²) in [6.45, 7) is 2.05. The molecule has 5 rings (SSSR count). The second kappa shape index (κ2) is 10.5. The fourth-order valence-corrected chi connectivity index (χ4v) is 8.14. The van der Waals surface area contributed by atoms with Crippen molar-refractivity contribution in [2.75, 3.05) is 26.8 Å². The van der Waals surface area contributed by atoms with Crippen LogP contribution >= 0.6 is 23.5 Å². The highest BCUT2D eigenvalue weighted by molar-refractivity contribution is 8.18. The van der Waals surface area contributed by atoms with Crippen molar-refractivity contribution in [1.82, 2.24) is 4.90 Å². The first-order valence-corrected chi connectivity index (χ1v) is 13.3. The van der Waals surface area contributed by atoms with E-state index in [2.05, 4.69) is 60.7 Å². The van der Waals surface area contributed by atoms with Gasteiger partial charge in [0, 0.05) is 41.0 Å². The Morgan fingerprint density at radius 2 is 1.56 bits per heavy atom. The van der Waals surface area contributed by atoms with Crippen LogP contribution in [0.3, 0.4) is 0 Å². The Hall–Kier alpha value is -2.41. The zero-order valence-corrected chi connectivity index (χ0v) is 20.9. The van der Waals surface area contributed by atoms with Gasteiger partial charge in [0.05, 0.1) is 23.7 Å². The molecule has 4 nitrogen and oxygen atoms in total. The smallest absolute Gasteiger partial charge is 0.227 e. The van der Waals surface area contributed by atoms with Crippen LogP contribution in [0.15, 0.2) is 94.7 Å². The van der Waals surface area contributed by atoms with E-state index in [9.17, 15) is 4.79 Å². The van der Waals surface area contributed by atoms with Crippen molar-refractivity contribution >= 4 is 29.4 Å². The molecule has 1 amide bonds. The summed E-state index contributed by atoms with van der Waals surface area (Å²) in [4.78, 5) is 17.9. The number of likely N-dealkylation sites (tertiary alicyclic amines) is 1. The monoisotopic (exact) mass is 491 g/mol. The van der Waals surface area contributed by atoms with Gasteiger partial charge in [-0.2, -0.15) is 0 Å². The van der Waals surface area contributed by atoms with Gasteiger partial charge in [0.25, 0.3) is 0 Å². The number of methoxy groups -OCH3 is 1. The van der Waals surface area contributed by atoms with Crippen LogP contribution in [0.25, 0.3) is 0 Å². The van der Waals surface area contributed by atoms with E-state index in [0.29, 0.717) is 26.1 Å². The molecule has 0 N–H and O–H groups in total. The average molecular weight is 492 g/mol. The van der Waals surface area contributed by atoms with Gasteiger partial charge in [-0.05, 0) is 36.8 Å². The maximum atomic E-state index is 13.4. The first-order chi connectivity index (χ1) is 16.7. The molecular weight excluding hydrogens is 462 g/mol. The lowest BCUT2D eigenvalue weighted by atomic mass is 9.96. The number of nitrogens with zero attached hydrogens (tertiary/aromatic N) is 1. The van der Waals surface area contributed by atoms with Gasteiger partial charge in [0.2, 0.25) is 5.91 Å². The largest absolute Gasteiger partial charge is 0.496 e. The van der Waals surface area contributed by atoms with Gasteiger partial charge >= 0.3 is 0 Å². The molecule has 3 aromatic carbocycles. The number of ether oxygens (including phenoxy) is 2. The van der Waals surface area contributed by atoms with E-state index in [0.717, 1.165) is 17.7 Å². The van der Waals surface area contributed by atoms with E-state index in [1.165, 1.54) is 9.79 Å². The normalized spacial score (nSPS) is 21.1. The van der Waals surface area contributed by atoms with Crippen molar-refractivity contribution in [3.8, 4) is 5.75 Å². The fraction of sp³-hybridized carbons (Fsp3) is 0.321. The third-order valence-electron chi connectivity index (χ3n) is 6.57. The molecule has 2 atom stereocenters. The molecule has 0 aliphatic carbocycles. The lowest BCUT2D eigenvalue weighted by molar-refractivity contribution is -0.130. The number of thioether (sulfide) groups is 2. The van der Waals surface area contributed by atoms with E-state index in [4.69, 9.17) is 9.47 Å². The van der Waals surface area contributed by atoms with E-state index >= 15 is 0 Å². The zero-order chi connectivity index (χ0) is 23.4. The Morgan fingerprint density at radius 3 is 2.21 bits per heavy atom. The van der Waals surface area contributed by atoms with Gasteiger partial charge in [0.1, 0.15) is 5.75 Å². The molecule has 176 valence electrons. The molecule has 2 aliphatic heterocycles. The SMILES string of the molecule is COc1ccccc1CC(=O)N1C[C@@H]2OCCC(Sc3ccccc3)(Sc3ccccc3)[C@@H]2C1. The van der Waals surface area contributed by atoms with Crippen LogP contribution in [-0.4, -0.2) is 47.8 Å². The molecule has 0 spiro atoms. The summed E-state index contributed by atoms with van der Waals surface area (Å²) in [5, 5.41) is 0. The highest BCUT2D eigenvalue weighted by Gasteiger charge is 2.53. The minimum atomic E-state index is -0.106. The number of carbonyl (C=O) groups is 1. The Balaban J connectivity index is 1.40. The fourth-order valence-electron chi connectivity index (χ4n) is 4.88. The molecule has 0 aromatic heterocycles. The third-order valence-corrected chi connectivity index (χ3v) is 9.79. The summed E-state index contributed by atoms with van der Waals surface area (Å²) >= 11 is 3.86. The van der Waals surface area contributed by atoms with Crippen molar-refractivity contribution in [1.29, 1.82) is 0 Å². The number of fused-ring (bicyclic) bond motifs is 1. The number of amides is 1. The van der Waals surface area contributed by atoms with Crippen molar-refractivity contribution < 1.29 is 14.3 Å². The Kier molecular flexibility index (Phi) is 7.18. The second-order valence-electron chi connectivity index (χ2n) is 8.70. The Labute approximate surface area is 210 Å². The lowest BCUT2D eigenvalue weighted by Crippen LogP contribution is -2.45. The molecular formula is C28H29NO3S2.